The molecule has 1 aliphatic rings. The highest BCUT2D eigenvalue weighted by atomic mass is 32.2. The largest absolute Gasteiger partial charge is 0.370 e. The smallest absolute Gasteiger partial charge is 0.208 e. The summed E-state index contributed by atoms with van der Waals surface area (Å²) in [5, 5.41) is 0.766. The minimum atomic E-state index is -3.52. The fraction of sp³-hybridized carbons (Fsp3) is 0.263. The van der Waals surface area contributed by atoms with Crippen molar-refractivity contribution >= 4 is 26.4 Å². The lowest BCUT2D eigenvalue weighted by atomic mass is 10.1. The van der Waals surface area contributed by atoms with Crippen molar-refractivity contribution in [1.82, 2.24) is 4.98 Å². The number of nitrogens with one attached hydrogen (secondary N) is 1. The Morgan fingerprint density at radius 1 is 0.875 bits per heavy atom. The normalized spacial score (nSPS) is 15.8. The molecule has 1 N–H and O–H groups in total. The first-order valence-electron chi connectivity index (χ1n) is 8.33. The molecule has 1 fully saturated rings. The number of H-pyrrole nitrogens is 1. The highest BCUT2D eigenvalue weighted by molar-refractivity contribution is 7.91. The van der Waals surface area contributed by atoms with Gasteiger partial charge in [-0.2, -0.15) is 0 Å². The third-order valence-corrected chi connectivity index (χ3v) is 6.50. The number of anilines is 1. The Morgan fingerprint density at radius 2 is 1.62 bits per heavy atom. The molecule has 0 radical (unpaired) electrons. The lowest BCUT2D eigenvalue weighted by Crippen LogP contribution is -2.29. The first-order valence-corrected chi connectivity index (χ1v) is 9.81. The molecular weight excluding hydrogens is 320 g/mol. The molecular formula is C19H20N2O2S. The zero-order valence-electron chi connectivity index (χ0n) is 13.4. The molecule has 124 valence electrons. The second kappa shape index (κ2) is 5.98. The van der Waals surface area contributed by atoms with Gasteiger partial charge in [-0.15, -0.1) is 0 Å². The Labute approximate surface area is 142 Å². The zero-order chi connectivity index (χ0) is 16.6. The van der Waals surface area contributed by atoms with E-state index in [4.69, 9.17) is 0 Å². The van der Waals surface area contributed by atoms with E-state index in [1.54, 1.807) is 30.5 Å². The van der Waals surface area contributed by atoms with Crippen molar-refractivity contribution in [3.05, 3.63) is 54.7 Å². The SMILES string of the molecule is O=S(=O)(c1ccccc1)c1c[nH]c2c(N3CCCCC3)cccc12. The standard InChI is InChI=1S/C19H20N2O2S/c22-24(23,15-8-3-1-4-9-15)18-14-20-19-16(18)10-7-11-17(19)21-12-5-2-6-13-21/h1,3-4,7-11,14,20H,2,5-6,12-13H2. The second-order valence-electron chi connectivity index (χ2n) is 6.22. The monoisotopic (exact) mass is 340 g/mol. The van der Waals surface area contributed by atoms with Crippen LogP contribution in [0.4, 0.5) is 5.69 Å². The first kappa shape index (κ1) is 15.3. The lowest BCUT2D eigenvalue weighted by Gasteiger charge is -2.29. The molecule has 0 saturated carbocycles. The van der Waals surface area contributed by atoms with Gasteiger partial charge >= 0.3 is 0 Å². The van der Waals surface area contributed by atoms with Crippen LogP contribution in [0, 0.1) is 0 Å². The van der Waals surface area contributed by atoms with Gasteiger partial charge < -0.3 is 9.88 Å². The predicted octanol–water partition coefficient (Wildman–Crippen LogP) is 3.99. The van der Waals surface area contributed by atoms with Crippen LogP contribution in [0.3, 0.4) is 0 Å². The minimum Gasteiger partial charge on any atom is -0.370 e. The molecule has 1 aliphatic heterocycles. The molecule has 4 rings (SSSR count). The molecule has 0 amide bonds. The van der Waals surface area contributed by atoms with Crippen LogP contribution in [-0.4, -0.2) is 26.5 Å². The van der Waals surface area contributed by atoms with Gasteiger partial charge in [-0.05, 0) is 37.5 Å². The summed E-state index contributed by atoms with van der Waals surface area (Å²) in [6.07, 6.45) is 5.27. The van der Waals surface area contributed by atoms with Crippen molar-refractivity contribution in [3.63, 3.8) is 0 Å². The molecule has 0 unspecified atom stereocenters. The maximum Gasteiger partial charge on any atom is 0.208 e. The van der Waals surface area contributed by atoms with Gasteiger partial charge in [0.2, 0.25) is 9.84 Å². The van der Waals surface area contributed by atoms with Gasteiger partial charge in [-0.1, -0.05) is 30.3 Å². The Hall–Kier alpha value is -2.27. The Kier molecular flexibility index (Phi) is 3.81. The second-order valence-corrected chi connectivity index (χ2v) is 8.13. The van der Waals surface area contributed by atoms with Crippen LogP contribution in [-0.2, 0) is 9.84 Å². The average molecular weight is 340 g/mol. The summed E-state index contributed by atoms with van der Waals surface area (Å²) in [6, 6.07) is 14.5. The number of aromatic nitrogens is 1. The third-order valence-electron chi connectivity index (χ3n) is 4.70. The van der Waals surface area contributed by atoms with Crippen LogP contribution in [0.1, 0.15) is 19.3 Å². The van der Waals surface area contributed by atoms with E-state index in [1.807, 2.05) is 18.2 Å². The van der Waals surface area contributed by atoms with Crippen LogP contribution >= 0.6 is 0 Å². The van der Waals surface area contributed by atoms with Crippen molar-refractivity contribution in [2.45, 2.75) is 29.1 Å². The summed E-state index contributed by atoms with van der Waals surface area (Å²) < 4.78 is 25.9. The number of fused-ring (bicyclic) bond motifs is 1. The third kappa shape index (κ3) is 2.49. The summed E-state index contributed by atoms with van der Waals surface area (Å²) in [5.41, 5.74) is 2.01. The summed E-state index contributed by atoms with van der Waals surface area (Å²) in [4.78, 5) is 6.24. The lowest BCUT2D eigenvalue weighted by molar-refractivity contribution is 0.579. The van der Waals surface area contributed by atoms with E-state index in [0.29, 0.717) is 9.79 Å². The van der Waals surface area contributed by atoms with E-state index < -0.39 is 9.84 Å². The maximum atomic E-state index is 13.0. The van der Waals surface area contributed by atoms with E-state index in [1.165, 1.54) is 19.3 Å². The van der Waals surface area contributed by atoms with Crippen molar-refractivity contribution in [2.24, 2.45) is 0 Å². The number of benzene rings is 2. The molecule has 0 aliphatic carbocycles. The Morgan fingerprint density at radius 3 is 2.38 bits per heavy atom. The molecule has 2 aromatic carbocycles. The van der Waals surface area contributed by atoms with E-state index in [9.17, 15) is 8.42 Å². The van der Waals surface area contributed by atoms with Gasteiger partial charge in [0.05, 0.1) is 21.0 Å². The minimum absolute atomic E-state index is 0.328. The summed E-state index contributed by atoms with van der Waals surface area (Å²) in [5.74, 6) is 0. The number of rotatable bonds is 3. The Bertz CT molecular complexity index is 955. The predicted molar refractivity (Wildman–Crippen MR) is 96.3 cm³/mol. The molecule has 0 spiro atoms. The molecule has 0 atom stereocenters. The van der Waals surface area contributed by atoms with Crippen molar-refractivity contribution in [3.8, 4) is 0 Å². The number of piperidine rings is 1. The highest BCUT2D eigenvalue weighted by Gasteiger charge is 2.23. The zero-order valence-corrected chi connectivity index (χ0v) is 14.2. The highest BCUT2D eigenvalue weighted by Crippen LogP contribution is 2.34. The fourth-order valence-corrected chi connectivity index (χ4v) is 4.90. The van der Waals surface area contributed by atoms with Gasteiger partial charge in [0, 0.05) is 24.7 Å². The van der Waals surface area contributed by atoms with Crippen LogP contribution in [0.2, 0.25) is 0 Å². The number of hydrogen-bond donors (Lipinski definition) is 1. The number of nitrogens with zero attached hydrogens (tertiary/aromatic N) is 1. The molecule has 3 aromatic rings. The van der Waals surface area contributed by atoms with Gasteiger partial charge in [0.1, 0.15) is 0 Å². The van der Waals surface area contributed by atoms with Gasteiger partial charge in [0.25, 0.3) is 0 Å². The quantitative estimate of drug-likeness (QED) is 0.784. The van der Waals surface area contributed by atoms with E-state index in [2.05, 4.69) is 16.0 Å². The molecule has 2 heterocycles. The van der Waals surface area contributed by atoms with Crippen molar-refractivity contribution in [1.29, 1.82) is 0 Å². The molecule has 4 nitrogen and oxygen atoms in total. The molecule has 0 bridgehead atoms. The number of aromatic amines is 1. The van der Waals surface area contributed by atoms with Crippen LogP contribution in [0.5, 0.6) is 0 Å². The Balaban J connectivity index is 1.84. The maximum absolute atomic E-state index is 13.0. The summed E-state index contributed by atoms with van der Waals surface area (Å²) in [6.45, 7) is 2.05. The van der Waals surface area contributed by atoms with Gasteiger partial charge in [-0.3, -0.25) is 0 Å². The van der Waals surface area contributed by atoms with Crippen molar-refractivity contribution in [2.75, 3.05) is 18.0 Å². The van der Waals surface area contributed by atoms with Gasteiger partial charge in [0.15, 0.2) is 0 Å². The average Bonchev–Trinajstić information content (AvgIpc) is 3.08. The number of sulfone groups is 1. The molecule has 1 aromatic heterocycles. The van der Waals surface area contributed by atoms with Crippen LogP contribution < -0.4 is 4.90 Å². The van der Waals surface area contributed by atoms with E-state index in [-0.39, 0.29) is 0 Å². The van der Waals surface area contributed by atoms with Crippen molar-refractivity contribution < 1.29 is 8.42 Å². The van der Waals surface area contributed by atoms with Gasteiger partial charge in [-0.25, -0.2) is 8.42 Å². The van der Waals surface area contributed by atoms with E-state index in [0.717, 1.165) is 29.7 Å². The summed E-state index contributed by atoms with van der Waals surface area (Å²) in [7, 11) is -3.52. The van der Waals surface area contributed by atoms with E-state index >= 15 is 0 Å². The van der Waals surface area contributed by atoms with Crippen LogP contribution in [0.15, 0.2) is 64.5 Å². The topological polar surface area (TPSA) is 53.2 Å². The fourth-order valence-electron chi connectivity index (χ4n) is 3.46. The first-order chi connectivity index (χ1) is 11.7. The number of para-hydroxylation sites is 1. The molecule has 24 heavy (non-hydrogen) atoms. The molecule has 5 heteroatoms. The molecule has 1 saturated heterocycles. The summed E-state index contributed by atoms with van der Waals surface area (Å²) >= 11 is 0. The van der Waals surface area contributed by atoms with Crippen LogP contribution in [0.25, 0.3) is 10.9 Å². The number of hydrogen-bond acceptors (Lipinski definition) is 3.